The first-order valence-electron chi connectivity index (χ1n) is 16.1. The third kappa shape index (κ3) is 5.86. The first-order valence-corrected chi connectivity index (χ1v) is 16.1. The molecule has 5 nitrogen and oxygen atoms in total. The molecule has 3 aromatic heterocycles. The fraction of sp³-hybridized carbons (Fsp3) is 0.300. The molecule has 0 amide bonds. The Morgan fingerprint density at radius 2 is 1.74 bits per heavy atom. The van der Waals surface area contributed by atoms with Crippen molar-refractivity contribution in [2.24, 2.45) is 11.8 Å². The van der Waals surface area contributed by atoms with Crippen LogP contribution in [0.15, 0.2) is 84.6 Å². The Kier molecular flexibility index (Phi) is 9.08. The fourth-order valence-corrected chi connectivity index (χ4v) is 7.26. The predicted molar refractivity (Wildman–Crippen MR) is 183 cm³/mol. The third-order valence-corrected chi connectivity index (χ3v) is 9.25. The van der Waals surface area contributed by atoms with Crippen LogP contribution >= 0.6 is 0 Å². The van der Waals surface area contributed by atoms with Gasteiger partial charge in [-0.15, -0.1) is 35.7 Å². The molecule has 0 radical (unpaired) electrons. The number of pyridine rings is 1. The van der Waals surface area contributed by atoms with Gasteiger partial charge in [0.2, 0.25) is 0 Å². The molecule has 0 N–H and O–H groups in total. The molecule has 0 bridgehead atoms. The summed E-state index contributed by atoms with van der Waals surface area (Å²) in [7, 11) is 0. The summed E-state index contributed by atoms with van der Waals surface area (Å²) in [6.07, 6.45) is 7.68. The smallest absolute Gasteiger partial charge is 0.509 e. The minimum Gasteiger partial charge on any atom is -0.509 e. The van der Waals surface area contributed by atoms with Gasteiger partial charge in [-0.05, 0) is 86.7 Å². The molecule has 7 rings (SSSR count). The molecule has 236 valence electrons. The van der Waals surface area contributed by atoms with Crippen LogP contribution in [-0.4, -0.2) is 19.3 Å². The van der Waals surface area contributed by atoms with Gasteiger partial charge in [0.05, 0.1) is 5.69 Å². The second kappa shape index (κ2) is 13.0. The number of aromatic nitrogens is 4. The maximum absolute atomic E-state index is 6.44. The number of rotatable bonds is 7. The van der Waals surface area contributed by atoms with Crippen molar-refractivity contribution in [1.82, 2.24) is 19.3 Å². The van der Waals surface area contributed by atoms with Crippen molar-refractivity contribution in [2.45, 2.75) is 66.7 Å². The molecule has 46 heavy (non-hydrogen) atoms. The van der Waals surface area contributed by atoms with E-state index in [-0.39, 0.29) is 21.1 Å². The second-order valence-corrected chi connectivity index (χ2v) is 13.0. The van der Waals surface area contributed by atoms with Crippen molar-refractivity contribution >= 4 is 21.8 Å². The van der Waals surface area contributed by atoms with Crippen LogP contribution in [0.2, 0.25) is 0 Å². The Morgan fingerprint density at radius 3 is 2.54 bits per heavy atom. The maximum Gasteiger partial charge on any atom is 2.00 e. The van der Waals surface area contributed by atoms with Crippen LogP contribution in [-0.2, 0) is 27.5 Å². The Morgan fingerprint density at radius 1 is 0.935 bits per heavy atom. The van der Waals surface area contributed by atoms with Gasteiger partial charge >= 0.3 is 21.1 Å². The van der Waals surface area contributed by atoms with Crippen molar-refractivity contribution in [3.63, 3.8) is 0 Å². The molecule has 2 atom stereocenters. The van der Waals surface area contributed by atoms with Gasteiger partial charge in [-0.2, -0.15) is 17.2 Å². The number of hydrogen-bond donors (Lipinski definition) is 0. The van der Waals surface area contributed by atoms with Gasteiger partial charge in [0.15, 0.2) is 0 Å². The summed E-state index contributed by atoms with van der Waals surface area (Å²) in [5.74, 6) is 3.70. The quantitative estimate of drug-likeness (QED) is 0.120. The normalized spacial score (nSPS) is 16.5. The van der Waals surface area contributed by atoms with Crippen molar-refractivity contribution in [3.8, 4) is 23.0 Å². The van der Waals surface area contributed by atoms with Crippen molar-refractivity contribution in [1.29, 1.82) is 0 Å². The number of para-hydroxylation sites is 1. The Bertz CT molecular complexity index is 2070. The van der Waals surface area contributed by atoms with E-state index in [2.05, 4.69) is 107 Å². The molecule has 1 aliphatic rings. The zero-order valence-electron chi connectivity index (χ0n) is 27.4. The van der Waals surface area contributed by atoms with E-state index in [4.69, 9.17) is 14.8 Å². The summed E-state index contributed by atoms with van der Waals surface area (Å²) >= 11 is 0. The van der Waals surface area contributed by atoms with E-state index in [9.17, 15) is 0 Å². The Hall–Kier alpha value is -3.95. The summed E-state index contributed by atoms with van der Waals surface area (Å²) in [5, 5.41) is 7.27. The number of fused-ring (bicyclic) bond motifs is 3. The van der Waals surface area contributed by atoms with Crippen molar-refractivity contribution in [2.75, 3.05) is 0 Å². The molecule has 6 aromatic rings. The molecule has 1 unspecified atom stereocenters. The molecule has 6 heteroatoms. The Labute approximate surface area is 286 Å². The molecule has 0 aliphatic heterocycles. The van der Waals surface area contributed by atoms with Gasteiger partial charge in [-0.25, -0.2) is 4.98 Å². The summed E-state index contributed by atoms with van der Waals surface area (Å²) in [4.78, 5) is 4.79. The van der Waals surface area contributed by atoms with Crippen molar-refractivity contribution in [3.05, 3.63) is 119 Å². The topological polar surface area (TPSA) is 44.9 Å². The van der Waals surface area contributed by atoms with Gasteiger partial charge in [-0.3, -0.25) is 4.68 Å². The van der Waals surface area contributed by atoms with Crippen LogP contribution in [0.1, 0.15) is 69.0 Å². The molecule has 3 aromatic carbocycles. The monoisotopic (exact) mass is 787 g/mol. The van der Waals surface area contributed by atoms with E-state index in [0.29, 0.717) is 29.3 Å². The average molecular weight is 788 g/mol. The van der Waals surface area contributed by atoms with E-state index < -0.39 is 0 Å². The van der Waals surface area contributed by atoms with E-state index in [0.717, 1.165) is 57.5 Å². The summed E-state index contributed by atoms with van der Waals surface area (Å²) in [6.45, 7) is 13.4. The summed E-state index contributed by atoms with van der Waals surface area (Å²) in [6, 6.07) is 29.9. The van der Waals surface area contributed by atoms with E-state index >= 15 is 0 Å². The van der Waals surface area contributed by atoms with E-state index in [1.807, 2.05) is 35.1 Å². The molecule has 3 heterocycles. The van der Waals surface area contributed by atoms with Crippen molar-refractivity contribution < 1.29 is 25.8 Å². The minimum atomic E-state index is 0. The molecular weight excluding hydrogens is 748 g/mol. The first-order chi connectivity index (χ1) is 21.8. The number of allylic oxidation sites excluding steroid dienone is 2. The summed E-state index contributed by atoms with van der Waals surface area (Å²) in [5.41, 5.74) is 9.21. The largest absolute Gasteiger partial charge is 2.00 e. The average Bonchev–Trinajstić information content (AvgIpc) is 3.50. The predicted octanol–water partition coefficient (Wildman–Crippen LogP) is 10.0. The molecule has 0 fully saturated rings. The zero-order valence-corrected chi connectivity index (χ0v) is 29.6. The molecule has 1 aliphatic carbocycles. The van der Waals surface area contributed by atoms with Gasteiger partial charge in [0, 0.05) is 40.4 Å². The maximum atomic E-state index is 6.44. The van der Waals surface area contributed by atoms with Gasteiger partial charge in [-0.1, -0.05) is 56.1 Å². The minimum absolute atomic E-state index is 0. The zero-order chi connectivity index (χ0) is 31.2. The van der Waals surface area contributed by atoms with Crippen LogP contribution in [0.25, 0.3) is 33.3 Å². The Balaban J connectivity index is 0.00000372. The fourth-order valence-electron chi connectivity index (χ4n) is 7.26. The number of hydrogen-bond acceptors (Lipinski definition) is 3. The van der Waals surface area contributed by atoms with Crippen LogP contribution in [0.5, 0.6) is 11.5 Å². The molecule has 0 saturated carbocycles. The van der Waals surface area contributed by atoms with Crippen LogP contribution in [0.4, 0.5) is 0 Å². The van der Waals surface area contributed by atoms with E-state index in [1.165, 1.54) is 23.1 Å². The van der Waals surface area contributed by atoms with Gasteiger partial charge in [0.25, 0.3) is 0 Å². The van der Waals surface area contributed by atoms with Crippen LogP contribution < -0.4 is 4.74 Å². The standard InChI is InChI=1S/C40H40N4O.Pt/c1-25(2)21-30-19-20-41-38(22-30)43-36-16-8-7-15-34(36)35-18-17-33(24-37(35)43)45-32-14-10-13-31(23-32)44-29(6)40(28(5)42-44)39-26(3)11-9-12-27(39)4;/h7-8,10-11,13-20,22,25,27,39H,9,12,21H2,1-6H3;/q-2;+2/t27-,39?;/m0./s1. The third-order valence-electron chi connectivity index (χ3n) is 9.25. The van der Waals surface area contributed by atoms with Gasteiger partial charge < -0.3 is 9.30 Å². The van der Waals surface area contributed by atoms with Crippen LogP contribution in [0, 0.1) is 37.8 Å². The molecular formula is C40H40N4OPt. The van der Waals surface area contributed by atoms with Crippen LogP contribution in [0.3, 0.4) is 0 Å². The number of benzene rings is 3. The number of ether oxygens (including phenoxy) is 1. The summed E-state index contributed by atoms with van der Waals surface area (Å²) < 4.78 is 10.7. The number of nitrogens with zero attached hydrogens (tertiary/aromatic N) is 4. The SMILES string of the molecule is CC1=CCC[C@H](C)C1c1c(C)nn(-c2[c-]c(Oc3[c-]c4c(cc3)c3ccccc3n4-c3cc(CC(C)C)ccn3)ccc2)c1C.[Pt+2]. The van der Waals surface area contributed by atoms with Gasteiger partial charge in [0.1, 0.15) is 5.82 Å². The molecule has 0 spiro atoms. The number of aryl methyl sites for hydroxylation is 1. The molecule has 0 saturated heterocycles. The first kappa shape index (κ1) is 32.0. The second-order valence-electron chi connectivity index (χ2n) is 13.0. The van der Waals surface area contributed by atoms with E-state index in [1.54, 1.807) is 0 Å².